The number of aliphatic carboxylic acids is 1. The van der Waals surface area contributed by atoms with Crippen LogP contribution in [-0.4, -0.2) is 87.4 Å². The predicted molar refractivity (Wildman–Crippen MR) is 165 cm³/mol. The molecule has 0 aromatic carbocycles. The van der Waals surface area contributed by atoms with Crippen LogP contribution in [0, 0.1) is 5.92 Å². The molecule has 9 heteroatoms. The summed E-state index contributed by atoms with van der Waals surface area (Å²) in [6.07, 6.45) is 15.3. The smallest absolute Gasteiger partial charge is 0.323 e. The Morgan fingerprint density at radius 1 is 0.780 bits per heavy atom. The second kappa shape index (κ2) is 24.2. The van der Waals surface area contributed by atoms with Gasteiger partial charge in [0.25, 0.3) is 0 Å². The minimum atomic E-state index is -0.956. The summed E-state index contributed by atoms with van der Waals surface area (Å²) in [5.74, 6) is -1.93. The molecule has 4 atom stereocenters. The SMILES string of the molecule is CCCCCCCCCCCCCCC(CC(O)CN(CCCCC(N)C(=O)OC(C)(C)C)CC(O)CO)C(=O)O. The lowest BCUT2D eigenvalue weighted by Crippen LogP contribution is -2.41. The molecule has 0 fully saturated rings. The van der Waals surface area contributed by atoms with Crippen LogP contribution in [0.3, 0.4) is 0 Å². The fourth-order valence-corrected chi connectivity index (χ4v) is 5.08. The van der Waals surface area contributed by atoms with E-state index in [-0.39, 0.29) is 19.5 Å². The van der Waals surface area contributed by atoms with Crippen LogP contribution < -0.4 is 5.73 Å². The highest BCUT2D eigenvalue weighted by Crippen LogP contribution is 2.19. The zero-order valence-corrected chi connectivity index (χ0v) is 26.7. The van der Waals surface area contributed by atoms with Gasteiger partial charge < -0.3 is 30.9 Å². The Morgan fingerprint density at radius 2 is 1.27 bits per heavy atom. The summed E-state index contributed by atoms with van der Waals surface area (Å²) in [5, 5.41) is 39.7. The first kappa shape index (κ1) is 39.7. The second-order valence-electron chi connectivity index (χ2n) is 12.8. The van der Waals surface area contributed by atoms with Crippen LogP contribution in [0.25, 0.3) is 0 Å². The van der Waals surface area contributed by atoms with Crippen molar-refractivity contribution in [1.29, 1.82) is 0 Å². The molecule has 0 aromatic heterocycles. The number of unbranched alkanes of at least 4 members (excludes halogenated alkanes) is 12. The fraction of sp³-hybridized carbons (Fsp3) is 0.938. The van der Waals surface area contributed by atoms with E-state index in [4.69, 9.17) is 10.5 Å². The first-order valence-corrected chi connectivity index (χ1v) is 16.3. The lowest BCUT2D eigenvalue weighted by atomic mass is 9.94. The van der Waals surface area contributed by atoms with E-state index >= 15 is 0 Å². The number of rotatable bonds is 27. The number of aliphatic hydroxyl groups is 3. The summed E-state index contributed by atoms with van der Waals surface area (Å²) in [6.45, 7) is 8.11. The van der Waals surface area contributed by atoms with Crippen molar-refractivity contribution in [3.8, 4) is 0 Å². The largest absolute Gasteiger partial charge is 0.481 e. The van der Waals surface area contributed by atoms with E-state index in [2.05, 4.69) is 6.92 Å². The second-order valence-corrected chi connectivity index (χ2v) is 12.8. The van der Waals surface area contributed by atoms with Crippen LogP contribution in [0.1, 0.15) is 137 Å². The molecule has 0 aliphatic heterocycles. The number of aliphatic hydroxyl groups excluding tert-OH is 3. The Hall–Kier alpha value is -1.26. The molecule has 0 aromatic rings. The number of nitrogens with two attached hydrogens (primary N) is 1. The number of esters is 1. The van der Waals surface area contributed by atoms with Crippen molar-refractivity contribution in [2.45, 2.75) is 161 Å². The molecule has 9 nitrogen and oxygen atoms in total. The Kier molecular flexibility index (Phi) is 23.5. The highest BCUT2D eigenvalue weighted by molar-refractivity contribution is 5.75. The average molecular weight is 589 g/mol. The van der Waals surface area contributed by atoms with Crippen molar-refractivity contribution < 1.29 is 34.8 Å². The normalized spacial score (nSPS) is 15.0. The van der Waals surface area contributed by atoms with E-state index in [1.54, 1.807) is 20.8 Å². The molecule has 4 unspecified atom stereocenters. The summed E-state index contributed by atoms with van der Waals surface area (Å²) in [6, 6.07) is -0.715. The highest BCUT2D eigenvalue weighted by Gasteiger charge is 2.24. The Labute approximate surface area is 250 Å². The van der Waals surface area contributed by atoms with Crippen molar-refractivity contribution in [1.82, 2.24) is 4.90 Å². The van der Waals surface area contributed by atoms with E-state index in [1.165, 1.54) is 57.8 Å². The van der Waals surface area contributed by atoms with Gasteiger partial charge in [-0.1, -0.05) is 90.4 Å². The van der Waals surface area contributed by atoms with E-state index in [0.717, 1.165) is 19.3 Å². The molecule has 0 amide bonds. The topological polar surface area (TPSA) is 154 Å². The molecule has 244 valence electrons. The monoisotopic (exact) mass is 588 g/mol. The van der Waals surface area contributed by atoms with Gasteiger partial charge in [-0.3, -0.25) is 14.5 Å². The van der Waals surface area contributed by atoms with Gasteiger partial charge >= 0.3 is 11.9 Å². The quantitative estimate of drug-likeness (QED) is 0.0657. The van der Waals surface area contributed by atoms with Gasteiger partial charge in [-0.25, -0.2) is 0 Å². The lowest BCUT2D eigenvalue weighted by Gasteiger charge is -2.28. The van der Waals surface area contributed by atoms with Crippen LogP contribution in [0.4, 0.5) is 0 Å². The van der Waals surface area contributed by atoms with Crippen molar-refractivity contribution in [2.75, 3.05) is 26.2 Å². The zero-order chi connectivity index (χ0) is 31.1. The summed E-state index contributed by atoms with van der Waals surface area (Å²) in [4.78, 5) is 25.8. The van der Waals surface area contributed by atoms with Crippen molar-refractivity contribution in [2.24, 2.45) is 11.7 Å². The molecule has 0 bridgehead atoms. The minimum absolute atomic E-state index is 0.155. The van der Waals surface area contributed by atoms with Gasteiger partial charge in [0.05, 0.1) is 24.7 Å². The van der Waals surface area contributed by atoms with Gasteiger partial charge in [0, 0.05) is 13.1 Å². The van der Waals surface area contributed by atoms with Gasteiger partial charge in [-0.15, -0.1) is 0 Å². The standard InChI is InChI=1S/C32H64N2O7/c1-5-6-7-8-9-10-11-12-13-14-15-16-19-26(30(38)39)22-27(36)23-34(24-28(37)25-35)21-18-17-20-29(33)31(40)41-32(2,3)4/h26-29,35-37H,5-25,33H2,1-4H3,(H,38,39). The van der Waals surface area contributed by atoms with Crippen LogP contribution >= 0.6 is 0 Å². The molecule has 41 heavy (non-hydrogen) atoms. The number of carboxylic acid groups (broad SMARTS) is 1. The van der Waals surface area contributed by atoms with E-state index < -0.39 is 48.3 Å². The molecule has 6 N–H and O–H groups in total. The summed E-state index contributed by atoms with van der Waals surface area (Å²) in [5.41, 5.74) is 5.36. The zero-order valence-electron chi connectivity index (χ0n) is 26.7. The third-order valence-electron chi connectivity index (χ3n) is 7.41. The van der Waals surface area contributed by atoms with Gasteiger partial charge in [-0.2, -0.15) is 0 Å². The number of carbonyl (C=O) groups excluding carboxylic acids is 1. The number of ether oxygens (including phenoxy) is 1. The third-order valence-corrected chi connectivity index (χ3v) is 7.41. The molecule has 0 rings (SSSR count). The summed E-state index contributed by atoms with van der Waals surface area (Å²) < 4.78 is 5.31. The molecule has 0 saturated carbocycles. The van der Waals surface area contributed by atoms with Crippen molar-refractivity contribution in [3.05, 3.63) is 0 Å². The van der Waals surface area contributed by atoms with Crippen LogP contribution in [0.15, 0.2) is 0 Å². The van der Waals surface area contributed by atoms with Gasteiger partial charge in [0.15, 0.2) is 0 Å². The highest BCUT2D eigenvalue weighted by atomic mass is 16.6. The molecule has 0 spiro atoms. The van der Waals surface area contributed by atoms with Gasteiger partial charge in [-0.05, 0) is 53.0 Å². The molecule has 0 aliphatic rings. The Balaban J connectivity index is 4.40. The molecular weight excluding hydrogens is 524 g/mol. The van der Waals surface area contributed by atoms with Gasteiger partial charge in [0.2, 0.25) is 0 Å². The molecule has 0 radical (unpaired) electrons. The van der Waals surface area contributed by atoms with E-state index in [0.29, 0.717) is 32.2 Å². The summed E-state index contributed by atoms with van der Waals surface area (Å²) >= 11 is 0. The first-order valence-electron chi connectivity index (χ1n) is 16.3. The summed E-state index contributed by atoms with van der Waals surface area (Å²) in [7, 11) is 0. The Bertz CT molecular complexity index is 656. The molecular formula is C32H64N2O7. The number of hydrogen-bond donors (Lipinski definition) is 5. The van der Waals surface area contributed by atoms with Crippen LogP contribution in [-0.2, 0) is 14.3 Å². The first-order chi connectivity index (χ1) is 19.4. The van der Waals surface area contributed by atoms with Crippen LogP contribution in [0.5, 0.6) is 0 Å². The molecule has 0 heterocycles. The number of nitrogens with zero attached hydrogens (tertiary/aromatic N) is 1. The maximum atomic E-state index is 12.1. The fourth-order valence-electron chi connectivity index (χ4n) is 5.08. The maximum absolute atomic E-state index is 12.1. The van der Waals surface area contributed by atoms with E-state index in [9.17, 15) is 30.0 Å². The Morgan fingerprint density at radius 3 is 1.76 bits per heavy atom. The minimum Gasteiger partial charge on any atom is -0.481 e. The van der Waals surface area contributed by atoms with Crippen molar-refractivity contribution >= 4 is 11.9 Å². The molecule has 0 saturated heterocycles. The number of carboxylic acids is 1. The van der Waals surface area contributed by atoms with Crippen LogP contribution in [0.2, 0.25) is 0 Å². The lowest BCUT2D eigenvalue weighted by molar-refractivity contribution is -0.156. The number of hydrogen-bond acceptors (Lipinski definition) is 8. The van der Waals surface area contributed by atoms with E-state index in [1.807, 2.05) is 4.90 Å². The van der Waals surface area contributed by atoms with Crippen molar-refractivity contribution in [3.63, 3.8) is 0 Å². The third kappa shape index (κ3) is 23.9. The van der Waals surface area contributed by atoms with Gasteiger partial charge in [0.1, 0.15) is 11.6 Å². The maximum Gasteiger partial charge on any atom is 0.323 e. The molecule has 0 aliphatic carbocycles. The average Bonchev–Trinajstić information content (AvgIpc) is 2.89. The predicted octanol–water partition coefficient (Wildman–Crippen LogP) is 5.02. The number of carbonyl (C=O) groups is 2.